The average molecular weight is 404 g/mol. The molecule has 0 aromatic rings. The van der Waals surface area contributed by atoms with E-state index in [1.165, 1.54) is 13.8 Å². The van der Waals surface area contributed by atoms with Gasteiger partial charge >= 0.3 is 17.9 Å². The molecule has 0 saturated carbocycles. The summed E-state index contributed by atoms with van der Waals surface area (Å²) in [6.45, 7) is 11.7. The van der Waals surface area contributed by atoms with E-state index in [0.29, 0.717) is 12.0 Å². The third kappa shape index (κ3) is 5.02. The number of ketones is 1. The lowest BCUT2D eigenvalue weighted by Crippen LogP contribution is -2.47. The molecule has 1 aliphatic heterocycles. The van der Waals surface area contributed by atoms with Gasteiger partial charge in [-0.2, -0.15) is 0 Å². The molecule has 0 radical (unpaired) electrons. The van der Waals surface area contributed by atoms with Gasteiger partial charge in [0.1, 0.15) is 12.2 Å². The zero-order valence-electron chi connectivity index (χ0n) is 17.6. The molecular weight excluding hydrogens is 376 g/mol. The third-order valence-electron chi connectivity index (χ3n) is 5.45. The summed E-state index contributed by atoms with van der Waals surface area (Å²) in [5, 5.41) is 0. The lowest BCUT2D eigenvalue weighted by molar-refractivity contribution is -0.171. The van der Waals surface area contributed by atoms with Gasteiger partial charge in [-0.3, -0.25) is 9.59 Å². The van der Waals surface area contributed by atoms with Crippen molar-refractivity contribution < 1.29 is 33.4 Å². The Labute approximate surface area is 170 Å². The predicted molar refractivity (Wildman–Crippen MR) is 105 cm³/mol. The summed E-state index contributed by atoms with van der Waals surface area (Å²) in [5.74, 6) is -2.73. The van der Waals surface area contributed by atoms with Gasteiger partial charge in [-0.25, -0.2) is 9.59 Å². The van der Waals surface area contributed by atoms with Crippen LogP contribution in [0.4, 0.5) is 0 Å². The van der Waals surface area contributed by atoms with Crippen LogP contribution in [0.3, 0.4) is 0 Å². The Bertz CT molecular complexity index is 804. The molecule has 0 aromatic carbocycles. The highest BCUT2D eigenvalue weighted by atomic mass is 16.6. The molecule has 158 valence electrons. The first-order valence-electron chi connectivity index (χ1n) is 9.60. The van der Waals surface area contributed by atoms with Crippen LogP contribution >= 0.6 is 0 Å². The molecule has 29 heavy (non-hydrogen) atoms. The number of allylic oxidation sites excluding steroid dienone is 2. The maximum absolute atomic E-state index is 12.9. The van der Waals surface area contributed by atoms with E-state index in [2.05, 4.69) is 6.58 Å². The molecule has 1 saturated heterocycles. The normalized spacial score (nSPS) is 32.6. The fraction of sp³-hybridized carbons (Fsp3) is 0.545. The minimum Gasteiger partial charge on any atom is -0.458 e. The Morgan fingerprint density at radius 2 is 1.97 bits per heavy atom. The zero-order valence-corrected chi connectivity index (χ0v) is 17.6. The van der Waals surface area contributed by atoms with Gasteiger partial charge in [0.2, 0.25) is 0 Å². The van der Waals surface area contributed by atoms with Crippen molar-refractivity contribution in [3.05, 3.63) is 35.5 Å². The second-order valence-electron chi connectivity index (χ2n) is 7.82. The van der Waals surface area contributed by atoms with Gasteiger partial charge in [0.15, 0.2) is 11.4 Å². The van der Waals surface area contributed by atoms with Crippen molar-refractivity contribution in [2.45, 2.75) is 71.7 Å². The summed E-state index contributed by atoms with van der Waals surface area (Å²) in [6.07, 6.45) is 2.18. The number of ether oxygens (including phenoxy) is 3. The maximum atomic E-state index is 12.9. The fourth-order valence-electron chi connectivity index (χ4n) is 3.67. The van der Waals surface area contributed by atoms with Crippen molar-refractivity contribution in [2.24, 2.45) is 5.92 Å². The number of Topliss-reactive ketones (excluding diaryl/α,β-unsaturated/α-hetero) is 1. The Kier molecular flexibility index (Phi) is 6.82. The Morgan fingerprint density at radius 3 is 2.55 bits per heavy atom. The number of rotatable bonds is 3. The van der Waals surface area contributed by atoms with E-state index >= 15 is 0 Å². The van der Waals surface area contributed by atoms with Crippen LogP contribution in [0.2, 0.25) is 0 Å². The average Bonchev–Trinajstić information content (AvgIpc) is 2.90. The quantitative estimate of drug-likeness (QED) is 0.309. The minimum absolute atomic E-state index is 0.0520. The van der Waals surface area contributed by atoms with Crippen LogP contribution in [0.15, 0.2) is 35.5 Å². The number of esters is 3. The van der Waals surface area contributed by atoms with Crippen molar-refractivity contribution >= 4 is 23.7 Å². The molecule has 1 unspecified atom stereocenters. The molecule has 7 heteroatoms. The highest BCUT2D eigenvalue weighted by molar-refractivity contribution is 5.93. The van der Waals surface area contributed by atoms with Gasteiger partial charge in [0.25, 0.3) is 0 Å². The first-order valence-corrected chi connectivity index (χ1v) is 9.60. The number of fused-ring (bicyclic) bond motifs is 1. The molecule has 0 amide bonds. The standard InChI is InChI=1S/C22H28O7/c1-7-13(3)20(25)28-17-11-22(6,29-15(5)23)18(24)9-8-12(2)10-16-19(17)14(4)21(26)27-16/h7-8,16-17,19H,4,9-11H2,1-3,5-6H3/b12-8+,13-7-/t16-,17?,19+,22-/m1/s1. The summed E-state index contributed by atoms with van der Waals surface area (Å²) >= 11 is 0. The van der Waals surface area contributed by atoms with E-state index in [1.54, 1.807) is 26.0 Å². The van der Waals surface area contributed by atoms with E-state index in [9.17, 15) is 19.2 Å². The smallest absolute Gasteiger partial charge is 0.334 e. The summed E-state index contributed by atoms with van der Waals surface area (Å²) in [7, 11) is 0. The van der Waals surface area contributed by atoms with Crippen LogP contribution in [-0.2, 0) is 33.4 Å². The van der Waals surface area contributed by atoms with E-state index in [-0.39, 0.29) is 24.2 Å². The van der Waals surface area contributed by atoms with Crippen LogP contribution in [0.5, 0.6) is 0 Å². The first kappa shape index (κ1) is 22.6. The zero-order chi connectivity index (χ0) is 21.9. The summed E-state index contributed by atoms with van der Waals surface area (Å²) in [6, 6.07) is 0. The highest BCUT2D eigenvalue weighted by Crippen LogP contribution is 2.39. The van der Waals surface area contributed by atoms with Crippen molar-refractivity contribution in [2.75, 3.05) is 0 Å². The van der Waals surface area contributed by atoms with Gasteiger partial charge in [0, 0.05) is 37.3 Å². The SMILES string of the molecule is C=C1C(=O)O[C@@H]2C/C(C)=C/CC(=O)[C@](C)(OC(C)=O)CC(OC(=O)/C(C)=C\C)[C@@H]12. The van der Waals surface area contributed by atoms with Crippen LogP contribution in [0.25, 0.3) is 0 Å². The van der Waals surface area contributed by atoms with Gasteiger partial charge in [-0.1, -0.05) is 24.3 Å². The van der Waals surface area contributed by atoms with E-state index in [1.807, 2.05) is 6.92 Å². The van der Waals surface area contributed by atoms with E-state index in [0.717, 1.165) is 5.57 Å². The molecule has 1 aliphatic carbocycles. The topological polar surface area (TPSA) is 96.0 Å². The van der Waals surface area contributed by atoms with Gasteiger partial charge in [0.05, 0.1) is 5.92 Å². The predicted octanol–water partition coefficient (Wildman–Crippen LogP) is 2.98. The lowest BCUT2D eigenvalue weighted by atomic mass is 9.79. The molecule has 4 atom stereocenters. The number of hydrogen-bond acceptors (Lipinski definition) is 7. The van der Waals surface area contributed by atoms with Crippen LogP contribution in [-0.4, -0.2) is 41.5 Å². The second kappa shape index (κ2) is 8.76. The molecular formula is C22H28O7. The van der Waals surface area contributed by atoms with Gasteiger partial charge in [-0.15, -0.1) is 0 Å². The minimum atomic E-state index is -1.52. The van der Waals surface area contributed by atoms with Crippen LogP contribution < -0.4 is 0 Å². The number of carbonyl (C=O) groups is 4. The maximum Gasteiger partial charge on any atom is 0.334 e. The van der Waals surface area contributed by atoms with Gasteiger partial charge in [-0.05, 0) is 27.7 Å². The number of hydrogen-bond donors (Lipinski definition) is 0. The largest absolute Gasteiger partial charge is 0.458 e. The van der Waals surface area contributed by atoms with E-state index < -0.39 is 41.6 Å². The summed E-state index contributed by atoms with van der Waals surface area (Å²) in [4.78, 5) is 49.3. The molecule has 1 fully saturated rings. The molecule has 0 bridgehead atoms. The molecule has 2 aliphatic rings. The molecule has 1 heterocycles. The molecule has 0 aromatic heterocycles. The highest BCUT2D eigenvalue weighted by Gasteiger charge is 2.50. The van der Waals surface area contributed by atoms with Crippen molar-refractivity contribution in [3.8, 4) is 0 Å². The summed E-state index contributed by atoms with van der Waals surface area (Å²) in [5.41, 5.74) is -0.119. The Balaban J connectivity index is 2.54. The lowest BCUT2D eigenvalue weighted by Gasteiger charge is -2.35. The monoisotopic (exact) mass is 404 g/mol. The fourth-order valence-corrected chi connectivity index (χ4v) is 3.67. The molecule has 7 nitrogen and oxygen atoms in total. The first-order chi connectivity index (χ1) is 13.5. The Hall–Kier alpha value is -2.70. The molecule has 0 spiro atoms. The van der Waals surface area contributed by atoms with Crippen molar-refractivity contribution in [3.63, 3.8) is 0 Å². The molecule has 2 rings (SSSR count). The third-order valence-corrected chi connectivity index (χ3v) is 5.45. The molecule has 0 N–H and O–H groups in total. The Morgan fingerprint density at radius 1 is 1.31 bits per heavy atom. The second-order valence-corrected chi connectivity index (χ2v) is 7.82. The number of carbonyl (C=O) groups excluding carboxylic acids is 4. The van der Waals surface area contributed by atoms with Crippen LogP contribution in [0.1, 0.15) is 53.9 Å². The van der Waals surface area contributed by atoms with Crippen molar-refractivity contribution in [1.29, 1.82) is 0 Å². The van der Waals surface area contributed by atoms with E-state index in [4.69, 9.17) is 14.2 Å². The van der Waals surface area contributed by atoms with Crippen LogP contribution in [0, 0.1) is 5.92 Å². The van der Waals surface area contributed by atoms with Gasteiger partial charge < -0.3 is 14.2 Å². The summed E-state index contributed by atoms with van der Waals surface area (Å²) < 4.78 is 16.6. The van der Waals surface area contributed by atoms with Crippen molar-refractivity contribution in [1.82, 2.24) is 0 Å².